The highest BCUT2D eigenvalue weighted by Crippen LogP contribution is 2.19. The Labute approximate surface area is 112 Å². The van der Waals surface area contributed by atoms with Crippen molar-refractivity contribution < 1.29 is 0 Å². The first-order chi connectivity index (χ1) is 9.33. The van der Waals surface area contributed by atoms with Gasteiger partial charge in [0.05, 0.1) is 5.52 Å². The highest BCUT2D eigenvalue weighted by molar-refractivity contribution is 5.78. The van der Waals surface area contributed by atoms with Gasteiger partial charge in [-0.1, -0.05) is 18.2 Å². The normalized spacial score (nSPS) is 12.5. The molecule has 2 N–H and O–H groups in total. The summed E-state index contributed by atoms with van der Waals surface area (Å²) in [6, 6.07) is 14.1. The van der Waals surface area contributed by atoms with Crippen LogP contribution in [0.3, 0.4) is 0 Å². The van der Waals surface area contributed by atoms with Crippen molar-refractivity contribution in [2.24, 2.45) is 5.73 Å². The maximum absolute atomic E-state index is 6.26. The van der Waals surface area contributed by atoms with Gasteiger partial charge < -0.3 is 5.73 Å². The van der Waals surface area contributed by atoms with Crippen LogP contribution in [-0.4, -0.2) is 9.97 Å². The summed E-state index contributed by atoms with van der Waals surface area (Å²) in [6.45, 7) is 0. The number of nitrogens with two attached hydrogens (primary N) is 1. The van der Waals surface area contributed by atoms with E-state index in [4.69, 9.17) is 5.73 Å². The van der Waals surface area contributed by atoms with Crippen molar-refractivity contribution in [2.45, 2.75) is 12.5 Å². The first-order valence-corrected chi connectivity index (χ1v) is 6.32. The minimum Gasteiger partial charge on any atom is -0.324 e. The maximum Gasteiger partial charge on any atom is 0.0702 e. The lowest BCUT2D eigenvalue weighted by Crippen LogP contribution is -2.13. The summed E-state index contributed by atoms with van der Waals surface area (Å²) in [5.74, 6) is 0. The SMILES string of the molecule is NC(Cc1ccncc1)c1cnc2ccccc2c1. The van der Waals surface area contributed by atoms with Gasteiger partial charge in [0.15, 0.2) is 0 Å². The third-order valence-corrected chi connectivity index (χ3v) is 3.24. The fourth-order valence-corrected chi connectivity index (χ4v) is 2.18. The molecule has 3 heteroatoms. The molecule has 0 aliphatic heterocycles. The van der Waals surface area contributed by atoms with Crippen LogP contribution in [0.25, 0.3) is 10.9 Å². The Morgan fingerprint density at radius 2 is 1.84 bits per heavy atom. The predicted molar refractivity (Wildman–Crippen MR) is 76.6 cm³/mol. The third kappa shape index (κ3) is 2.61. The zero-order chi connectivity index (χ0) is 13.1. The largest absolute Gasteiger partial charge is 0.324 e. The molecule has 3 rings (SSSR count). The number of para-hydroxylation sites is 1. The number of nitrogens with zero attached hydrogens (tertiary/aromatic N) is 2. The lowest BCUT2D eigenvalue weighted by atomic mass is 10.0. The second-order valence-corrected chi connectivity index (χ2v) is 4.63. The summed E-state index contributed by atoms with van der Waals surface area (Å²) < 4.78 is 0. The van der Waals surface area contributed by atoms with Gasteiger partial charge in [-0.05, 0) is 41.8 Å². The van der Waals surface area contributed by atoms with E-state index < -0.39 is 0 Å². The van der Waals surface area contributed by atoms with Gasteiger partial charge in [-0.15, -0.1) is 0 Å². The van der Waals surface area contributed by atoms with Gasteiger partial charge in [0.25, 0.3) is 0 Å². The molecule has 0 spiro atoms. The van der Waals surface area contributed by atoms with Gasteiger partial charge in [-0.25, -0.2) is 0 Å². The van der Waals surface area contributed by atoms with E-state index in [9.17, 15) is 0 Å². The zero-order valence-corrected chi connectivity index (χ0v) is 10.5. The van der Waals surface area contributed by atoms with Gasteiger partial charge in [0.1, 0.15) is 0 Å². The van der Waals surface area contributed by atoms with Crippen molar-refractivity contribution >= 4 is 10.9 Å². The zero-order valence-electron chi connectivity index (χ0n) is 10.5. The van der Waals surface area contributed by atoms with Crippen LogP contribution in [0, 0.1) is 0 Å². The van der Waals surface area contributed by atoms with Gasteiger partial charge in [0, 0.05) is 30.0 Å². The molecule has 1 atom stereocenters. The summed E-state index contributed by atoms with van der Waals surface area (Å²) in [7, 11) is 0. The maximum atomic E-state index is 6.26. The van der Waals surface area contributed by atoms with Gasteiger partial charge >= 0.3 is 0 Å². The number of benzene rings is 1. The highest BCUT2D eigenvalue weighted by atomic mass is 14.7. The topological polar surface area (TPSA) is 51.8 Å². The fraction of sp³-hybridized carbons (Fsp3) is 0.125. The average molecular weight is 249 g/mol. The Morgan fingerprint density at radius 3 is 2.68 bits per heavy atom. The Hall–Kier alpha value is -2.26. The molecule has 0 aliphatic rings. The van der Waals surface area contributed by atoms with Crippen molar-refractivity contribution in [1.29, 1.82) is 0 Å². The summed E-state index contributed by atoms with van der Waals surface area (Å²) in [5, 5.41) is 1.13. The van der Waals surface area contributed by atoms with E-state index in [-0.39, 0.29) is 6.04 Å². The molecule has 3 aromatic rings. The van der Waals surface area contributed by atoms with Crippen LogP contribution in [0.4, 0.5) is 0 Å². The molecule has 3 nitrogen and oxygen atoms in total. The quantitative estimate of drug-likeness (QED) is 0.776. The summed E-state index contributed by atoms with van der Waals surface area (Å²) >= 11 is 0. The fourth-order valence-electron chi connectivity index (χ4n) is 2.18. The molecule has 94 valence electrons. The van der Waals surface area contributed by atoms with Crippen LogP contribution < -0.4 is 5.73 Å². The smallest absolute Gasteiger partial charge is 0.0702 e. The van der Waals surface area contributed by atoms with Crippen molar-refractivity contribution in [3.63, 3.8) is 0 Å². The minimum atomic E-state index is -0.0421. The lowest BCUT2D eigenvalue weighted by Gasteiger charge is -2.12. The number of hydrogen-bond donors (Lipinski definition) is 1. The number of fused-ring (bicyclic) bond motifs is 1. The van der Waals surface area contributed by atoms with E-state index in [1.807, 2.05) is 36.5 Å². The first-order valence-electron chi connectivity index (χ1n) is 6.32. The molecule has 0 radical (unpaired) electrons. The monoisotopic (exact) mass is 249 g/mol. The molecule has 0 fully saturated rings. The van der Waals surface area contributed by atoms with Gasteiger partial charge in [0.2, 0.25) is 0 Å². The molecule has 0 aliphatic carbocycles. The van der Waals surface area contributed by atoms with E-state index in [0.29, 0.717) is 0 Å². The summed E-state index contributed by atoms with van der Waals surface area (Å²) in [4.78, 5) is 8.46. The molecule has 2 aromatic heterocycles. The number of rotatable bonds is 3. The number of pyridine rings is 2. The third-order valence-electron chi connectivity index (χ3n) is 3.24. The minimum absolute atomic E-state index is 0.0421. The molecule has 0 bridgehead atoms. The van der Waals surface area contributed by atoms with Crippen molar-refractivity contribution in [3.8, 4) is 0 Å². The molecule has 0 amide bonds. The second-order valence-electron chi connectivity index (χ2n) is 4.63. The molecule has 0 saturated heterocycles. The van der Waals surface area contributed by atoms with Gasteiger partial charge in [-0.2, -0.15) is 0 Å². The van der Waals surface area contributed by atoms with Crippen LogP contribution in [0.2, 0.25) is 0 Å². The molecule has 1 unspecified atom stereocenters. The lowest BCUT2D eigenvalue weighted by molar-refractivity contribution is 0.719. The van der Waals surface area contributed by atoms with E-state index in [0.717, 1.165) is 22.9 Å². The van der Waals surface area contributed by atoms with Crippen LogP contribution in [-0.2, 0) is 6.42 Å². The molecule has 19 heavy (non-hydrogen) atoms. The second kappa shape index (κ2) is 5.16. The Morgan fingerprint density at radius 1 is 1.05 bits per heavy atom. The highest BCUT2D eigenvalue weighted by Gasteiger charge is 2.08. The summed E-state index contributed by atoms with van der Waals surface area (Å²) in [5.41, 5.74) is 9.52. The van der Waals surface area contributed by atoms with Crippen LogP contribution in [0.1, 0.15) is 17.2 Å². The molecule has 0 saturated carbocycles. The number of hydrogen-bond acceptors (Lipinski definition) is 3. The summed E-state index contributed by atoms with van der Waals surface area (Å²) in [6.07, 6.45) is 6.25. The average Bonchev–Trinajstić information content (AvgIpc) is 2.48. The van der Waals surface area contributed by atoms with Gasteiger partial charge in [-0.3, -0.25) is 9.97 Å². The standard InChI is InChI=1S/C16H15N3/c17-15(9-12-5-7-18-8-6-12)14-10-13-3-1-2-4-16(13)19-11-14/h1-8,10-11,15H,9,17H2. The van der Waals surface area contributed by atoms with Crippen molar-refractivity contribution in [1.82, 2.24) is 9.97 Å². The van der Waals surface area contributed by atoms with Crippen LogP contribution >= 0.6 is 0 Å². The molecule has 2 heterocycles. The van der Waals surface area contributed by atoms with E-state index in [1.165, 1.54) is 5.56 Å². The molecular formula is C16H15N3. The van der Waals surface area contributed by atoms with Crippen molar-refractivity contribution in [3.05, 3.63) is 72.2 Å². The van der Waals surface area contributed by atoms with E-state index in [1.54, 1.807) is 12.4 Å². The Kier molecular flexibility index (Phi) is 3.21. The van der Waals surface area contributed by atoms with E-state index >= 15 is 0 Å². The number of aromatic nitrogens is 2. The predicted octanol–water partition coefficient (Wildman–Crippen LogP) is 2.87. The van der Waals surface area contributed by atoms with Crippen LogP contribution in [0.15, 0.2) is 61.1 Å². The molecular weight excluding hydrogens is 234 g/mol. The van der Waals surface area contributed by atoms with Crippen molar-refractivity contribution in [2.75, 3.05) is 0 Å². The Balaban J connectivity index is 1.87. The first kappa shape index (κ1) is 11.8. The van der Waals surface area contributed by atoms with E-state index in [2.05, 4.69) is 22.1 Å². The Bertz CT molecular complexity index is 680. The molecule has 1 aromatic carbocycles. The van der Waals surface area contributed by atoms with Crippen LogP contribution in [0.5, 0.6) is 0 Å².